The Bertz CT molecular complexity index is 990. The van der Waals surface area contributed by atoms with Crippen LogP contribution in [-0.2, 0) is 22.9 Å². The summed E-state index contributed by atoms with van der Waals surface area (Å²) in [5.41, 5.74) is 3.14. The molecule has 0 aliphatic rings. The molecule has 0 fully saturated rings. The zero-order valence-corrected chi connectivity index (χ0v) is 16.3. The van der Waals surface area contributed by atoms with Gasteiger partial charge in [-0.15, -0.1) is 0 Å². The minimum atomic E-state index is -3.51. The first-order valence-electron chi connectivity index (χ1n) is 8.97. The van der Waals surface area contributed by atoms with Crippen molar-refractivity contribution in [2.45, 2.75) is 44.6 Å². The second-order valence-corrected chi connectivity index (χ2v) is 8.39. The van der Waals surface area contributed by atoms with E-state index in [0.717, 1.165) is 28.8 Å². The maximum absolute atomic E-state index is 12.5. The van der Waals surface area contributed by atoms with Crippen molar-refractivity contribution in [2.24, 2.45) is 0 Å². The number of fused-ring (bicyclic) bond motifs is 1. The van der Waals surface area contributed by atoms with Crippen molar-refractivity contribution >= 4 is 21.1 Å². The van der Waals surface area contributed by atoms with E-state index >= 15 is 0 Å². The molecule has 3 rings (SSSR count). The second kappa shape index (κ2) is 7.60. The highest BCUT2D eigenvalue weighted by Gasteiger charge is 2.16. The van der Waals surface area contributed by atoms with Crippen LogP contribution in [0.3, 0.4) is 0 Å². The zero-order valence-electron chi connectivity index (χ0n) is 15.4. The van der Waals surface area contributed by atoms with E-state index in [4.69, 9.17) is 0 Å². The highest BCUT2D eigenvalue weighted by atomic mass is 32.2. The summed E-state index contributed by atoms with van der Waals surface area (Å²) in [6.07, 6.45) is 1.43. The van der Waals surface area contributed by atoms with Gasteiger partial charge in [0.1, 0.15) is 5.82 Å². The smallest absolute Gasteiger partial charge is 0.240 e. The summed E-state index contributed by atoms with van der Waals surface area (Å²) in [5.74, 6) is 0.894. The largest absolute Gasteiger partial charge is 0.325 e. The van der Waals surface area contributed by atoms with Crippen LogP contribution in [0.1, 0.15) is 38.2 Å². The lowest BCUT2D eigenvalue weighted by molar-refractivity contribution is 0.567. The Labute approximate surface area is 155 Å². The van der Waals surface area contributed by atoms with Crippen LogP contribution in [0, 0.1) is 0 Å². The summed E-state index contributed by atoms with van der Waals surface area (Å²) in [6.45, 7) is 6.57. The predicted molar refractivity (Wildman–Crippen MR) is 105 cm³/mol. The normalized spacial score (nSPS) is 12.2. The molecule has 3 aromatic rings. The third-order valence-electron chi connectivity index (χ3n) is 4.47. The lowest BCUT2D eigenvalue weighted by Gasteiger charge is -2.13. The van der Waals surface area contributed by atoms with Crippen LogP contribution in [0.5, 0.6) is 0 Å². The van der Waals surface area contributed by atoms with Crippen molar-refractivity contribution in [3.05, 3.63) is 59.9 Å². The summed E-state index contributed by atoms with van der Waals surface area (Å²) in [6, 6.07) is 15.3. The fourth-order valence-electron chi connectivity index (χ4n) is 3.13. The molecule has 0 spiro atoms. The van der Waals surface area contributed by atoms with Gasteiger partial charge in [-0.25, -0.2) is 18.1 Å². The van der Waals surface area contributed by atoms with Gasteiger partial charge in [0.2, 0.25) is 10.0 Å². The molecule has 1 aromatic heterocycles. The number of nitrogens with zero attached hydrogens (tertiary/aromatic N) is 2. The van der Waals surface area contributed by atoms with Crippen molar-refractivity contribution in [2.75, 3.05) is 6.54 Å². The number of sulfonamides is 1. The number of aryl methyl sites for hydroxylation is 1. The standard InChI is InChI=1S/C20H25N3O2S/c1-4-16-9-11-17(12-10-16)26(24,25)21-14-13-20-22-18-7-5-6-8-19(18)23(20)15(2)3/h5-12,15,21H,4,13-14H2,1-3H3. The van der Waals surface area contributed by atoms with E-state index in [1.165, 1.54) is 0 Å². The van der Waals surface area contributed by atoms with Crippen LogP contribution in [0.2, 0.25) is 0 Å². The molecule has 0 aliphatic carbocycles. The molecular weight excluding hydrogens is 346 g/mol. The maximum Gasteiger partial charge on any atom is 0.240 e. The minimum absolute atomic E-state index is 0.260. The molecule has 6 heteroatoms. The van der Waals surface area contributed by atoms with E-state index in [-0.39, 0.29) is 6.04 Å². The van der Waals surface area contributed by atoms with E-state index in [9.17, 15) is 8.42 Å². The molecular formula is C20H25N3O2S. The summed E-state index contributed by atoms with van der Waals surface area (Å²) < 4.78 is 29.8. The van der Waals surface area contributed by atoms with Crippen LogP contribution in [0.25, 0.3) is 11.0 Å². The Kier molecular flexibility index (Phi) is 5.44. The van der Waals surface area contributed by atoms with Gasteiger partial charge in [-0.1, -0.05) is 31.2 Å². The molecule has 5 nitrogen and oxygen atoms in total. The van der Waals surface area contributed by atoms with E-state index in [1.807, 2.05) is 43.3 Å². The van der Waals surface area contributed by atoms with Gasteiger partial charge in [-0.3, -0.25) is 0 Å². The molecule has 0 bridgehead atoms. The predicted octanol–water partition coefficient (Wildman–Crippen LogP) is 3.70. The maximum atomic E-state index is 12.5. The van der Waals surface area contributed by atoms with Crippen LogP contribution in [0.15, 0.2) is 53.4 Å². The number of imidazole rings is 1. The Morgan fingerprint density at radius 1 is 1.08 bits per heavy atom. The van der Waals surface area contributed by atoms with Gasteiger partial charge in [0.05, 0.1) is 15.9 Å². The molecule has 138 valence electrons. The van der Waals surface area contributed by atoms with E-state index < -0.39 is 10.0 Å². The Morgan fingerprint density at radius 2 is 1.77 bits per heavy atom. The molecule has 0 saturated carbocycles. The van der Waals surface area contributed by atoms with Gasteiger partial charge in [-0.05, 0) is 50.1 Å². The topological polar surface area (TPSA) is 64.0 Å². The van der Waals surface area contributed by atoms with E-state index in [1.54, 1.807) is 12.1 Å². The van der Waals surface area contributed by atoms with Gasteiger partial charge in [0.15, 0.2) is 0 Å². The summed E-state index contributed by atoms with van der Waals surface area (Å²) in [5, 5.41) is 0. The van der Waals surface area contributed by atoms with Crippen LogP contribution in [-0.4, -0.2) is 24.5 Å². The Morgan fingerprint density at radius 3 is 2.42 bits per heavy atom. The van der Waals surface area contributed by atoms with Crippen molar-refractivity contribution in [3.63, 3.8) is 0 Å². The number of aromatic nitrogens is 2. The summed E-state index contributed by atoms with van der Waals surface area (Å²) in [7, 11) is -3.51. The monoisotopic (exact) mass is 371 g/mol. The highest BCUT2D eigenvalue weighted by molar-refractivity contribution is 7.89. The lowest BCUT2D eigenvalue weighted by Crippen LogP contribution is -2.27. The quantitative estimate of drug-likeness (QED) is 0.689. The molecule has 0 radical (unpaired) electrons. The molecule has 0 atom stereocenters. The number of rotatable bonds is 7. The number of benzene rings is 2. The highest BCUT2D eigenvalue weighted by Crippen LogP contribution is 2.21. The van der Waals surface area contributed by atoms with E-state index in [0.29, 0.717) is 17.9 Å². The van der Waals surface area contributed by atoms with Gasteiger partial charge in [-0.2, -0.15) is 0 Å². The van der Waals surface area contributed by atoms with Gasteiger partial charge >= 0.3 is 0 Å². The van der Waals surface area contributed by atoms with Crippen LogP contribution >= 0.6 is 0 Å². The molecule has 1 heterocycles. The van der Waals surface area contributed by atoms with Crippen LogP contribution < -0.4 is 4.72 Å². The third kappa shape index (κ3) is 3.81. The number of hydrogen-bond donors (Lipinski definition) is 1. The second-order valence-electron chi connectivity index (χ2n) is 6.63. The van der Waals surface area contributed by atoms with Crippen molar-refractivity contribution < 1.29 is 8.42 Å². The molecule has 0 aliphatic heterocycles. The van der Waals surface area contributed by atoms with Crippen LogP contribution in [0.4, 0.5) is 0 Å². The van der Waals surface area contributed by atoms with Gasteiger partial charge in [0.25, 0.3) is 0 Å². The first-order chi connectivity index (χ1) is 12.4. The molecule has 1 N–H and O–H groups in total. The minimum Gasteiger partial charge on any atom is -0.325 e. The van der Waals surface area contributed by atoms with Crippen molar-refractivity contribution in [1.82, 2.24) is 14.3 Å². The molecule has 0 unspecified atom stereocenters. The molecule has 0 amide bonds. The summed E-state index contributed by atoms with van der Waals surface area (Å²) >= 11 is 0. The first kappa shape index (κ1) is 18.6. The Balaban J connectivity index is 1.75. The number of hydrogen-bond acceptors (Lipinski definition) is 3. The fourth-order valence-corrected chi connectivity index (χ4v) is 4.16. The summed E-state index contributed by atoms with van der Waals surface area (Å²) in [4.78, 5) is 4.98. The average Bonchev–Trinajstić information content (AvgIpc) is 3.00. The Hall–Kier alpha value is -2.18. The van der Waals surface area contributed by atoms with Gasteiger partial charge < -0.3 is 4.57 Å². The first-order valence-corrected chi connectivity index (χ1v) is 10.4. The number of nitrogens with one attached hydrogen (secondary N) is 1. The average molecular weight is 372 g/mol. The van der Waals surface area contributed by atoms with Crippen molar-refractivity contribution in [1.29, 1.82) is 0 Å². The van der Waals surface area contributed by atoms with Gasteiger partial charge in [0, 0.05) is 19.0 Å². The van der Waals surface area contributed by atoms with E-state index in [2.05, 4.69) is 28.1 Å². The SMILES string of the molecule is CCc1ccc(S(=O)(=O)NCCc2nc3ccccc3n2C(C)C)cc1. The fraction of sp³-hybridized carbons (Fsp3) is 0.350. The number of para-hydroxylation sites is 2. The molecule has 2 aromatic carbocycles. The van der Waals surface area contributed by atoms with Crippen molar-refractivity contribution in [3.8, 4) is 0 Å². The zero-order chi connectivity index (χ0) is 18.7. The molecule has 0 saturated heterocycles. The third-order valence-corrected chi connectivity index (χ3v) is 5.94. The molecule has 26 heavy (non-hydrogen) atoms. The lowest BCUT2D eigenvalue weighted by atomic mass is 10.2.